The molecule has 4 heteroatoms. The van der Waals surface area contributed by atoms with Crippen LogP contribution in [0.5, 0.6) is 0 Å². The van der Waals surface area contributed by atoms with Crippen molar-refractivity contribution in [3.8, 4) is 0 Å². The number of ether oxygens (including phenoxy) is 1. The molecule has 0 aromatic rings. The molecule has 1 aliphatic heterocycles. The van der Waals surface area contributed by atoms with Crippen molar-refractivity contribution in [3.05, 3.63) is 0 Å². The molecule has 1 heterocycles. The van der Waals surface area contributed by atoms with Gasteiger partial charge < -0.3 is 15.0 Å². The summed E-state index contributed by atoms with van der Waals surface area (Å²) >= 11 is 0. The highest BCUT2D eigenvalue weighted by molar-refractivity contribution is 5.68. The topological polar surface area (TPSA) is 41.6 Å². The Hall–Kier alpha value is -0.770. The van der Waals surface area contributed by atoms with E-state index in [-0.39, 0.29) is 12.1 Å². The van der Waals surface area contributed by atoms with Crippen LogP contribution >= 0.6 is 0 Å². The van der Waals surface area contributed by atoms with Gasteiger partial charge in [0.25, 0.3) is 0 Å². The third-order valence-electron chi connectivity index (χ3n) is 2.78. The SMILES string of the molecule is CCOC(=O)N1CCCNCC1C(C)C. The van der Waals surface area contributed by atoms with E-state index in [4.69, 9.17) is 4.74 Å². The number of carbonyl (C=O) groups excluding carboxylic acids is 1. The first-order chi connectivity index (χ1) is 7.16. The number of nitrogens with zero attached hydrogens (tertiary/aromatic N) is 1. The van der Waals surface area contributed by atoms with Crippen LogP contribution in [0.3, 0.4) is 0 Å². The third-order valence-corrected chi connectivity index (χ3v) is 2.78. The summed E-state index contributed by atoms with van der Waals surface area (Å²) in [5, 5.41) is 3.36. The molecule has 0 radical (unpaired) electrons. The van der Waals surface area contributed by atoms with E-state index in [1.165, 1.54) is 0 Å². The highest BCUT2D eigenvalue weighted by atomic mass is 16.6. The van der Waals surface area contributed by atoms with Gasteiger partial charge in [0, 0.05) is 19.1 Å². The molecule has 1 aliphatic rings. The minimum Gasteiger partial charge on any atom is -0.450 e. The standard InChI is InChI=1S/C11H22N2O2/c1-4-15-11(14)13-7-5-6-12-8-10(13)9(2)3/h9-10,12H,4-8H2,1-3H3. The fraction of sp³-hybridized carbons (Fsp3) is 0.909. The molecule has 1 fully saturated rings. The predicted molar refractivity (Wildman–Crippen MR) is 59.8 cm³/mol. The number of hydrogen-bond acceptors (Lipinski definition) is 3. The molecule has 0 aliphatic carbocycles. The van der Waals surface area contributed by atoms with Crippen LogP contribution in [0.4, 0.5) is 4.79 Å². The second-order valence-electron chi connectivity index (χ2n) is 4.26. The second kappa shape index (κ2) is 5.95. The lowest BCUT2D eigenvalue weighted by Crippen LogP contribution is -2.46. The summed E-state index contributed by atoms with van der Waals surface area (Å²) in [7, 11) is 0. The van der Waals surface area contributed by atoms with Crippen LogP contribution < -0.4 is 5.32 Å². The molecule has 1 saturated heterocycles. The zero-order valence-electron chi connectivity index (χ0n) is 9.95. The van der Waals surface area contributed by atoms with Crippen LogP contribution in [-0.4, -0.2) is 43.3 Å². The molecule has 0 saturated carbocycles. The monoisotopic (exact) mass is 214 g/mol. The van der Waals surface area contributed by atoms with E-state index in [0.717, 1.165) is 26.1 Å². The number of carbonyl (C=O) groups is 1. The van der Waals surface area contributed by atoms with Gasteiger partial charge in [-0.1, -0.05) is 13.8 Å². The van der Waals surface area contributed by atoms with E-state index in [9.17, 15) is 4.79 Å². The lowest BCUT2D eigenvalue weighted by molar-refractivity contribution is 0.0833. The van der Waals surface area contributed by atoms with Crippen molar-refractivity contribution in [1.29, 1.82) is 0 Å². The van der Waals surface area contributed by atoms with Crippen LogP contribution in [0.25, 0.3) is 0 Å². The van der Waals surface area contributed by atoms with E-state index in [1.807, 2.05) is 11.8 Å². The van der Waals surface area contributed by atoms with E-state index in [1.54, 1.807) is 0 Å². The Morgan fingerprint density at radius 3 is 2.93 bits per heavy atom. The molecule has 0 bridgehead atoms. The Balaban J connectivity index is 2.65. The lowest BCUT2D eigenvalue weighted by atomic mass is 10.0. The van der Waals surface area contributed by atoms with Gasteiger partial charge in [-0.05, 0) is 25.8 Å². The molecule has 4 nitrogen and oxygen atoms in total. The fourth-order valence-corrected chi connectivity index (χ4v) is 1.93. The summed E-state index contributed by atoms with van der Waals surface area (Å²) < 4.78 is 5.08. The smallest absolute Gasteiger partial charge is 0.410 e. The third kappa shape index (κ3) is 3.38. The minimum atomic E-state index is -0.167. The van der Waals surface area contributed by atoms with Crippen molar-refractivity contribution in [3.63, 3.8) is 0 Å². The molecule has 1 amide bonds. The average Bonchev–Trinajstić information content (AvgIpc) is 2.42. The van der Waals surface area contributed by atoms with Crippen molar-refractivity contribution in [1.82, 2.24) is 10.2 Å². The normalized spacial score (nSPS) is 22.7. The number of nitrogens with one attached hydrogen (secondary N) is 1. The summed E-state index contributed by atoms with van der Waals surface area (Å²) in [6.07, 6.45) is 0.835. The zero-order chi connectivity index (χ0) is 11.3. The van der Waals surface area contributed by atoms with Gasteiger partial charge in [-0.15, -0.1) is 0 Å². The summed E-state index contributed by atoms with van der Waals surface area (Å²) in [5.41, 5.74) is 0. The van der Waals surface area contributed by atoms with Crippen molar-refractivity contribution in [2.24, 2.45) is 5.92 Å². The van der Waals surface area contributed by atoms with E-state index in [2.05, 4.69) is 19.2 Å². The van der Waals surface area contributed by atoms with Gasteiger partial charge in [0.2, 0.25) is 0 Å². The maximum absolute atomic E-state index is 11.7. The van der Waals surface area contributed by atoms with E-state index < -0.39 is 0 Å². The van der Waals surface area contributed by atoms with Gasteiger partial charge in [-0.3, -0.25) is 0 Å². The maximum Gasteiger partial charge on any atom is 0.410 e. The van der Waals surface area contributed by atoms with Crippen LogP contribution in [0.15, 0.2) is 0 Å². The highest BCUT2D eigenvalue weighted by Crippen LogP contribution is 2.14. The maximum atomic E-state index is 11.7. The quantitative estimate of drug-likeness (QED) is 0.756. The van der Waals surface area contributed by atoms with Crippen LogP contribution in [0, 0.1) is 5.92 Å². The molecule has 15 heavy (non-hydrogen) atoms. The van der Waals surface area contributed by atoms with Gasteiger partial charge in [0.15, 0.2) is 0 Å². The van der Waals surface area contributed by atoms with E-state index in [0.29, 0.717) is 12.5 Å². The first-order valence-corrected chi connectivity index (χ1v) is 5.81. The molecule has 1 rings (SSSR count). The molecule has 0 aromatic carbocycles. The first kappa shape index (κ1) is 12.3. The summed E-state index contributed by atoms with van der Waals surface area (Å²) in [4.78, 5) is 13.6. The van der Waals surface area contributed by atoms with Gasteiger partial charge in [-0.2, -0.15) is 0 Å². The second-order valence-corrected chi connectivity index (χ2v) is 4.26. The Morgan fingerprint density at radius 2 is 2.33 bits per heavy atom. The predicted octanol–water partition coefficient (Wildman–Crippen LogP) is 1.46. The van der Waals surface area contributed by atoms with Crippen LogP contribution in [0.2, 0.25) is 0 Å². The fourth-order valence-electron chi connectivity index (χ4n) is 1.93. The molecule has 1 atom stereocenters. The zero-order valence-corrected chi connectivity index (χ0v) is 9.95. The number of hydrogen-bond donors (Lipinski definition) is 1. The highest BCUT2D eigenvalue weighted by Gasteiger charge is 2.28. The molecule has 0 aromatic heterocycles. The van der Waals surface area contributed by atoms with Crippen LogP contribution in [-0.2, 0) is 4.74 Å². The number of amides is 1. The Labute approximate surface area is 92.0 Å². The van der Waals surface area contributed by atoms with Crippen LogP contribution in [0.1, 0.15) is 27.2 Å². The minimum absolute atomic E-state index is 0.167. The molecule has 0 spiro atoms. The molecular formula is C11H22N2O2. The molecule has 1 N–H and O–H groups in total. The Morgan fingerprint density at radius 1 is 1.60 bits per heavy atom. The van der Waals surface area contributed by atoms with Crippen molar-refractivity contribution < 1.29 is 9.53 Å². The van der Waals surface area contributed by atoms with Crippen molar-refractivity contribution in [2.75, 3.05) is 26.2 Å². The summed E-state index contributed by atoms with van der Waals surface area (Å²) in [5.74, 6) is 0.458. The summed E-state index contributed by atoms with van der Waals surface area (Å²) in [6, 6.07) is 0.256. The molecule has 1 unspecified atom stereocenters. The van der Waals surface area contributed by atoms with Gasteiger partial charge in [0.1, 0.15) is 0 Å². The Kier molecular flexibility index (Phi) is 4.88. The average molecular weight is 214 g/mol. The molecule has 88 valence electrons. The lowest BCUT2D eigenvalue weighted by Gasteiger charge is -2.31. The van der Waals surface area contributed by atoms with Crippen molar-refractivity contribution in [2.45, 2.75) is 33.2 Å². The first-order valence-electron chi connectivity index (χ1n) is 5.81. The largest absolute Gasteiger partial charge is 0.450 e. The number of rotatable bonds is 2. The van der Waals surface area contributed by atoms with Gasteiger partial charge in [0.05, 0.1) is 6.61 Å². The Bertz CT molecular complexity index is 207. The molecular weight excluding hydrogens is 192 g/mol. The van der Waals surface area contributed by atoms with Gasteiger partial charge >= 0.3 is 6.09 Å². The van der Waals surface area contributed by atoms with E-state index >= 15 is 0 Å². The summed E-state index contributed by atoms with van der Waals surface area (Å²) in [6.45, 7) is 9.24. The van der Waals surface area contributed by atoms with Crippen molar-refractivity contribution >= 4 is 6.09 Å². The van der Waals surface area contributed by atoms with Gasteiger partial charge in [-0.25, -0.2) is 4.79 Å².